The summed E-state index contributed by atoms with van der Waals surface area (Å²) < 4.78 is 2.19. The zero-order valence-corrected chi connectivity index (χ0v) is 16.5. The second-order valence-corrected chi connectivity index (χ2v) is 8.03. The van der Waals surface area contributed by atoms with Gasteiger partial charge in [-0.1, -0.05) is 30.0 Å². The first kappa shape index (κ1) is 18.8. The van der Waals surface area contributed by atoms with Crippen molar-refractivity contribution in [3.8, 4) is 0 Å². The molecule has 9 heteroatoms. The largest absolute Gasteiger partial charge is 0.341 e. The van der Waals surface area contributed by atoms with Crippen LogP contribution in [0.15, 0.2) is 35.5 Å². The topological polar surface area (TPSA) is 92.2 Å². The summed E-state index contributed by atoms with van der Waals surface area (Å²) in [4.78, 5) is 26.4. The van der Waals surface area contributed by atoms with Crippen molar-refractivity contribution in [1.82, 2.24) is 25.6 Å². The van der Waals surface area contributed by atoms with Gasteiger partial charge in [0.1, 0.15) is 0 Å². The minimum atomic E-state index is -0.340. The number of thioether (sulfide) groups is 1. The number of carbonyl (C=O) groups excluding carboxylic acids is 2. The fourth-order valence-corrected chi connectivity index (χ4v) is 4.08. The van der Waals surface area contributed by atoms with Crippen molar-refractivity contribution in [1.29, 1.82) is 0 Å². The number of hydrogen-bond donors (Lipinski definition) is 2. The highest BCUT2D eigenvalue weighted by molar-refractivity contribution is 7.99. The summed E-state index contributed by atoms with van der Waals surface area (Å²) in [6.07, 6.45) is 5.90. The first-order chi connectivity index (χ1) is 13.7. The third kappa shape index (κ3) is 4.46. The Balaban J connectivity index is 1.32. The molecule has 0 atom stereocenters. The van der Waals surface area contributed by atoms with Crippen molar-refractivity contribution >= 4 is 29.5 Å². The second-order valence-electron chi connectivity index (χ2n) is 7.09. The third-order valence-corrected chi connectivity index (χ3v) is 5.82. The van der Waals surface area contributed by atoms with E-state index in [4.69, 9.17) is 0 Å². The molecule has 2 N–H and O–H groups in total. The van der Waals surface area contributed by atoms with Gasteiger partial charge in [-0.15, -0.1) is 10.2 Å². The Morgan fingerprint density at radius 3 is 2.50 bits per heavy atom. The van der Waals surface area contributed by atoms with Crippen LogP contribution >= 0.6 is 11.8 Å². The van der Waals surface area contributed by atoms with Gasteiger partial charge in [-0.25, -0.2) is 0 Å². The Morgan fingerprint density at radius 2 is 1.79 bits per heavy atom. The molecule has 2 aromatic rings. The molecule has 28 heavy (non-hydrogen) atoms. The lowest BCUT2D eigenvalue weighted by atomic mass is 10.1. The fraction of sp³-hybridized carbons (Fsp3) is 0.474. The maximum Gasteiger partial charge on any atom is 0.269 e. The highest BCUT2D eigenvalue weighted by atomic mass is 32.2. The van der Waals surface area contributed by atoms with Crippen LogP contribution in [0.4, 0.5) is 5.95 Å². The number of anilines is 1. The van der Waals surface area contributed by atoms with Crippen molar-refractivity contribution in [3.05, 3.63) is 35.9 Å². The zero-order chi connectivity index (χ0) is 19.3. The molecular weight excluding hydrogens is 376 g/mol. The van der Waals surface area contributed by atoms with Crippen molar-refractivity contribution in [2.45, 2.75) is 43.3 Å². The summed E-state index contributed by atoms with van der Waals surface area (Å²) in [7, 11) is 0. The van der Waals surface area contributed by atoms with Crippen molar-refractivity contribution in [3.63, 3.8) is 0 Å². The minimum absolute atomic E-state index is 0.167. The summed E-state index contributed by atoms with van der Waals surface area (Å²) in [5.41, 5.74) is 5.39. The van der Waals surface area contributed by atoms with Crippen LogP contribution in [0.2, 0.25) is 0 Å². The van der Waals surface area contributed by atoms with Crippen LogP contribution < -0.4 is 15.8 Å². The van der Waals surface area contributed by atoms with Crippen LogP contribution in [0.25, 0.3) is 0 Å². The van der Waals surface area contributed by atoms with Gasteiger partial charge in [-0.3, -0.25) is 25.0 Å². The molecule has 1 aliphatic carbocycles. The molecule has 1 saturated carbocycles. The average molecular weight is 401 g/mol. The van der Waals surface area contributed by atoms with Crippen LogP contribution in [0.3, 0.4) is 0 Å². The maximum atomic E-state index is 12.1. The molecule has 148 valence electrons. The maximum absolute atomic E-state index is 12.1. The van der Waals surface area contributed by atoms with Crippen molar-refractivity contribution in [2.75, 3.05) is 23.7 Å². The fourth-order valence-electron chi connectivity index (χ4n) is 3.28. The van der Waals surface area contributed by atoms with E-state index in [1.54, 1.807) is 24.3 Å². The van der Waals surface area contributed by atoms with E-state index in [0.717, 1.165) is 37.0 Å². The lowest BCUT2D eigenvalue weighted by Gasteiger charge is -2.27. The number of hydrazine groups is 1. The van der Waals surface area contributed by atoms with Crippen LogP contribution in [0.1, 0.15) is 48.5 Å². The van der Waals surface area contributed by atoms with Crippen LogP contribution in [0, 0.1) is 0 Å². The molecule has 2 amide bonds. The van der Waals surface area contributed by atoms with Gasteiger partial charge in [0.15, 0.2) is 5.16 Å². The highest BCUT2D eigenvalue weighted by Crippen LogP contribution is 2.41. The number of hydrogen-bond acceptors (Lipinski definition) is 6. The van der Waals surface area contributed by atoms with E-state index in [2.05, 4.69) is 30.5 Å². The summed E-state index contributed by atoms with van der Waals surface area (Å²) >= 11 is 1.36. The molecule has 0 bridgehead atoms. The summed E-state index contributed by atoms with van der Waals surface area (Å²) in [5, 5.41) is 9.51. The van der Waals surface area contributed by atoms with E-state index in [0.29, 0.717) is 11.6 Å². The monoisotopic (exact) mass is 400 g/mol. The Morgan fingerprint density at radius 1 is 1.04 bits per heavy atom. The molecule has 0 unspecified atom stereocenters. The first-order valence-electron chi connectivity index (χ1n) is 9.69. The Bertz CT molecular complexity index is 830. The zero-order valence-electron chi connectivity index (χ0n) is 15.6. The number of benzene rings is 1. The van der Waals surface area contributed by atoms with E-state index >= 15 is 0 Å². The number of aromatic nitrogens is 3. The molecule has 0 radical (unpaired) electrons. The van der Waals surface area contributed by atoms with Crippen molar-refractivity contribution in [2.24, 2.45) is 0 Å². The molecule has 2 fully saturated rings. The van der Waals surface area contributed by atoms with Gasteiger partial charge in [0, 0.05) is 24.7 Å². The Kier molecular flexibility index (Phi) is 5.80. The molecule has 2 aliphatic rings. The molecule has 0 spiro atoms. The summed E-state index contributed by atoms with van der Waals surface area (Å²) in [6, 6.07) is 9.21. The minimum Gasteiger partial charge on any atom is -0.341 e. The number of nitrogens with one attached hydrogen (secondary N) is 2. The predicted molar refractivity (Wildman–Crippen MR) is 107 cm³/mol. The number of carbonyl (C=O) groups is 2. The molecule has 8 nitrogen and oxygen atoms in total. The van der Waals surface area contributed by atoms with Crippen LogP contribution in [-0.4, -0.2) is 45.4 Å². The number of rotatable bonds is 6. The molecule has 2 heterocycles. The highest BCUT2D eigenvalue weighted by Gasteiger charge is 2.32. The third-order valence-electron chi connectivity index (χ3n) is 4.88. The smallest absolute Gasteiger partial charge is 0.269 e. The van der Waals surface area contributed by atoms with E-state index in [1.807, 2.05) is 6.07 Å². The lowest BCUT2D eigenvalue weighted by molar-refractivity contribution is -0.119. The first-order valence-corrected chi connectivity index (χ1v) is 10.7. The van der Waals surface area contributed by atoms with Crippen molar-refractivity contribution < 1.29 is 9.59 Å². The molecule has 1 aromatic carbocycles. The van der Waals surface area contributed by atoms with Gasteiger partial charge < -0.3 is 4.90 Å². The van der Waals surface area contributed by atoms with E-state index in [-0.39, 0.29) is 17.6 Å². The molecule has 1 aliphatic heterocycles. The number of nitrogens with zero attached hydrogens (tertiary/aromatic N) is 4. The Hall–Kier alpha value is -2.55. The van der Waals surface area contributed by atoms with E-state index < -0.39 is 0 Å². The molecule has 4 rings (SSSR count). The number of piperidine rings is 1. The van der Waals surface area contributed by atoms with Gasteiger partial charge in [0.2, 0.25) is 11.9 Å². The van der Waals surface area contributed by atoms with Gasteiger partial charge in [0.05, 0.1) is 5.75 Å². The summed E-state index contributed by atoms with van der Waals surface area (Å²) in [5.74, 6) is 0.481. The van der Waals surface area contributed by atoms with Gasteiger partial charge in [0.25, 0.3) is 5.91 Å². The average Bonchev–Trinajstić information content (AvgIpc) is 3.50. The molecule has 1 aromatic heterocycles. The molecular formula is C19H24N6O2S. The standard InChI is InChI=1S/C19H24N6O2S/c26-16(20-21-17(27)14-7-3-1-4-8-14)13-28-19-23-22-18(25(19)15-9-10-15)24-11-5-2-6-12-24/h1,3-4,7-8,15H,2,5-6,9-13H2,(H,20,26)(H,21,27). The van der Waals surface area contributed by atoms with Gasteiger partial charge in [-0.05, 0) is 44.2 Å². The van der Waals surface area contributed by atoms with Gasteiger partial charge >= 0.3 is 0 Å². The second kappa shape index (κ2) is 8.64. The van der Waals surface area contributed by atoms with E-state index in [9.17, 15) is 9.59 Å². The predicted octanol–water partition coefficient (Wildman–Crippen LogP) is 2.16. The normalized spacial score (nSPS) is 16.6. The quantitative estimate of drug-likeness (QED) is 0.570. The van der Waals surface area contributed by atoms with Crippen LogP contribution in [0.5, 0.6) is 0 Å². The SMILES string of the molecule is O=C(CSc1nnc(N2CCCCC2)n1C1CC1)NNC(=O)c1ccccc1. The van der Waals surface area contributed by atoms with E-state index in [1.165, 1.54) is 31.0 Å². The lowest BCUT2D eigenvalue weighted by Crippen LogP contribution is -2.42. The number of amides is 2. The van der Waals surface area contributed by atoms with Crippen LogP contribution in [-0.2, 0) is 4.79 Å². The molecule has 1 saturated heterocycles. The Labute approximate surface area is 168 Å². The summed E-state index contributed by atoms with van der Waals surface area (Å²) in [6.45, 7) is 2.03. The van der Waals surface area contributed by atoms with Gasteiger partial charge in [-0.2, -0.15) is 0 Å².